The van der Waals surface area contributed by atoms with Crippen molar-refractivity contribution in [2.45, 2.75) is 13.1 Å². The van der Waals surface area contributed by atoms with Gasteiger partial charge in [-0.25, -0.2) is 4.98 Å². The molecule has 6 heteroatoms. The summed E-state index contributed by atoms with van der Waals surface area (Å²) in [6.07, 6.45) is -1.34. The molecule has 0 aliphatic heterocycles. The maximum absolute atomic E-state index is 12.5. The number of hydrogen-bond acceptors (Lipinski definition) is 2. The van der Waals surface area contributed by atoms with Crippen molar-refractivity contribution >= 4 is 5.78 Å². The van der Waals surface area contributed by atoms with Crippen molar-refractivity contribution in [3.8, 4) is 0 Å². The van der Waals surface area contributed by atoms with Crippen LogP contribution in [0.2, 0.25) is 0 Å². The molecule has 0 fully saturated rings. The molecule has 0 spiro atoms. The van der Waals surface area contributed by atoms with E-state index in [2.05, 4.69) is 4.98 Å². The van der Waals surface area contributed by atoms with Crippen LogP contribution in [0.1, 0.15) is 27.3 Å². The predicted octanol–water partition coefficient (Wildman–Crippen LogP) is 2.98. The third-order valence-electron chi connectivity index (χ3n) is 2.82. The summed E-state index contributed by atoms with van der Waals surface area (Å²) in [6, 6.07) is 3.06. The fourth-order valence-corrected chi connectivity index (χ4v) is 1.80. The number of imidazole rings is 1. The number of carbonyl (C=O) groups is 1. The smallest absolute Gasteiger partial charge is 0.331 e. The first-order chi connectivity index (χ1) is 8.80. The Morgan fingerprint density at radius 3 is 2.47 bits per heavy atom. The van der Waals surface area contributed by atoms with Gasteiger partial charge in [0.25, 0.3) is 0 Å². The van der Waals surface area contributed by atoms with Crippen molar-refractivity contribution in [1.29, 1.82) is 0 Å². The monoisotopic (exact) mass is 268 g/mol. The average molecular weight is 268 g/mol. The van der Waals surface area contributed by atoms with Gasteiger partial charge < -0.3 is 4.57 Å². The highest BCUT2D eigenvalue weighted by Crippen LogP contribution is 2.30. The third-order valence-corrected chi connectivity index (χ3v) is 2.82. The first-order valence-corrected chi connectivity index (χ1v) is 5.50. The summed E-state index contributed by atoms with van der Waals surface area (Å²) in [6.45, 7) is 1.48. The summed E-state index contributed by atoms with van der Waals surface area (Å²) in [4.78, 5) is 16.0. The van der Waals surface area contributed by atoms with Gasteiger partial charge in [0.1, 0.15) is 0 Å². The Kier molecular flexibility index (Phi) is 3.18. The van der Waals surface area contributed by atoms with Crippen LogP contribution in [-0.2, 0) is 13.2 Å². The number of alkyl halides is 3. The van der Waals surface area contributed by atoms with Crippen LogP contribution < -0.4 is 0 Å². The van der Waals surface area contributed by atoms with Gasteiger partial charge in [-0.05, 0) is 24.6 Å². The minimum absolute atomic E-state index is 0.197. The Balaban J connectivity index is 2.43. The molecular weight excluding hydrogens is 257 g/mol. The minimum Gasteiger partial charge on any atom is -0.331 e. The Morgan fingerprint density at radius 2 is 2.00 bits per heavy atom. The van der Waals surface area contributed by atoms with Gasteiger partial charge in [-0.3, -0.25) is 4.79 Å². The summed E-state index contributed by atoms with van der Waals surface area (Å²) in [7, 11) is 1.65. The van der Waals surface area contributed by atoms with Gasteiger partial charge >= 0.3 is 6.18 Å². The molecule has 0 saturated heterocycles. The van der Waals surface area contributed by atoms with Crippen molar-refractivity contribution in [2.75, 3.05) is 0 Å². The number of ketones is 1. The molecule has 0 amide bonds. The molecule has 0 saturated carbocycles. The van der Waals surface area contributed by atoms with E-state index in [1.807, 2.05) is 0 Å². The fraction of sp³-hybridized carbons (Fsp3) is 0.231. The van der Waals surface area contributed by atoms with E-state index in [0.29, 0.717) is 0 Å². The summed E-state index contributed by atoms with van der Waals surface area (Å²) in [5, 5.41) is 0. The van der Waals surface area contributed by atoms with E-state index < -0.39 is 17.5 Å². The number of halogens is 3. The standard InChI is InChI=1S/C13H11F3N2O/c1-8-7-9(13(14,15)16)3-4-10(8)11(19)12-17-5-6-18(12)2/h3-7H,1-2H3. The lowest BCUT2D eigenvalue weighted by molar-refractivity contribution is -0.137. The number of nitrogens with zero attached hydrogens (tertiary/aromatic N) is 2. The predicted molar refractivity (Wildman–Crippen MR) is 62.8 cm³/mol. The van der Waals surface area contributed by atoms with Crippen molar-refractivity contribution in [2.24, 2.45) is 7.05 Å². The Bertz CT molecular complexity index is 629. The lowest BCUT2D eigenvalue weighted by atomic mass is 10.0. The van der Waals surface area contributed by atoms with Gasteiger partial charge in [-0.15, -0.1) is 0 Å². The van der Waals surface area contributed by atoms with Crippen molar-refractivity contribution < 1.29 is 18.0 Å². The van der Waals surface area contributed by atoms with Crippen molar-refractivity contribution in [3.63, 3.8) is 0 Å². The van der Waals surface area contributed by atoms with Gasteiger partial charge in [0.15, 0.2) is 5.82 Å². The van der Waals surface area contributed by atoms with E-state index in [9.17, 15) is 18.0 Å². The molecule has 2 rings (SSSR count). The van der Waals surface area contributed by atoms with E-state index in [0.717, 1.165) is 12.1 Å². The number of aromatic nitrogens is 2. The first-order valence-electron chi connectivity index (χ1n) is 5.50. The molecule has 19 heavy (non-hydrogen) atoms. The summed E-state index contributed by atoms with van der Waals surface area (Å²) in [5.74, 6) is -0.193. The second kappa shape index (κ2) is 4.53. The Hall–Kier alpha value is -2.11. The molecule has 3 nitrogen and oxygen atoms in total. The SMILES string of the molecule is Cc1cc(C(F)(F)F)ccc1C(=O)c1nccn1C. The average Bonchev–Trinajstić information content (AvgIpc) is 2.73. The van der Waals surface area contributed by atoms with Crippen LogP contribution in [0, 0.1) is 6.92 Å². The van der Waals surface area contributed by atoms with Crippen LogP contribution in [0.3, 0.4) is 0 Å². The number of rotatable bonds is 2. The third kappa shape index (κ3) is 2.52. The fourth-order valence-electron chi connectivity index (χ4n) is 1.80. The molecule has 0 unspecified atom stereocenters. The molecule has 1 aromatic carbocycles. The Labute approximate surface area is 107 Å². The maximum atomic E-state index is 12.5. The van der Waals surface area contributed by atoms with Gasteiger partial charge in [-0.2, -0.15) is 13.2 Å². The lowest BCUT2D eigenvalue weighted by Crippen LogP contribution is -2.12. The quantitative estimate of drug-likeness (QED) is 0.785. The maximum Gasteiger partial charge on any atom is 0.416 e. The summed E-state index contributed by atoms with van der Waals surface area (Å²) in [5.41, 5.74) is -0.258. The van der Waals surface area contributed by atoms with Crippen LogP contribution in [0.15, 0.2) is 30.6 Å². The van der Waals surface area contributed by atoms with E-state index >= 15 is 0 Å². The molecule has 0 aliphatic rings. The first kappa shape index (κ1) is 13.3. The van der Waals surface area contributed by atoms with Crippen LogP contribution in [-0.4, -0.2) is 15.3 Å². The number of hydrogen-bond donors (Lipinski definition) is 0. The summed E-state index contributed by atoms with van der Waals surface area (Å²) >= 11 is 0. The zero-order valence-electron chi connectivity index (χ0n) is 10.3. The van der Waals surface area contributed by atoms with E-state index in [1.165, 1.54) is 23.8 Å². The van der Waals surface area contributed by atoms with Gasteiger partial charge in [-0.1, -0.05) is 6.07 Å². The normalized spacial score (nSPS) is 11.6. The number of aryl methyl sites for hydroxylation is 2. The van der Waals surface area contributed by atoms with E-state index in [1.54, 1.807) is 13.2 Å². The molecule has 0 radical (unpaired) electrons. The lowest BCUT2D eigenvalue weighted by Gasteiger charge is -2.10. The van der Waals surface area contributed by atoms with E-state index in [-0.39, 0.29) is 17.0 Å². The molecule has 0 aliphatic carbocycles. The van der Waals surface area contributed by atoms with Crippen molar-refractivity contribution in [3.05, 3.63) is 53.1 Å². The molecule has 0 bridgehead atoms. The van der Waals surface area contributed by atoms with Crippen LogP contribution in [0.5, 0.6) is 0 Å². The Morgan fingerprint density at radius 1 is 1.32 bits per heavy atom. The highest BCUT2D eigenvalue weighted by molar-refractivity contribution is 6.07. The van der Waals surface area contributed by atoms with Crippen LogP contribution >= 0.6 is 0 Å². The van der Waals surface area contributed by atoms with Gasteiger partial charge in [0, 0.05) is 25.0 Å². The van der Waals surface area contributed by atoms with Gasteiger partial charge in [0.05, 0.1) is 5.56 Å². The zero-order valence-corrected chi connectivity index (χ0v) is 10.3. The second-order valence-corrected chi connectivity index (χ2v) is 4.22. The molecule has 1 aromatic heterocycles. The highest BCUT2D eigenvalue weighted by atomic mass is 19.4. The summed E-state index contributed by atoms with van der Waals surface area (Å²) < 4.78 is 39.1. The molecule has 100 valence electrons. The highest BCUT2D eigenvalue weighted by Gasteiger charge is 2.31. The minimum atomic E-state index is -4.41. The molecule has 1 heterocycles. The molecule has 0 N–H and O–H groups in total. The second-order valence-electron chi connectivity index (χ2n) is 4.22. The van der Waals surface area contributed by atoms with E-state index in [4.69, 9.17) is 0 Å². The zero-order chi connectivity index (χ0) is 14.2. The largest absolute Gasteiger partial charge is 0.416 e. The number of carbonyl (C=O) groups excluding carboxylic acids is 1. The number of benzene rings is 1. The molecule has 0 atom stereocenters. The van der Waals surface area contributed by atoms with Crippen LogP contribution in [0.25, 0.3) is 0 Å². The topological polar surface area (TPSA) is 34.9 Å². The van der Waals surface area contributed by atoms with Gasteiger partial charge in [0.2, 0.25) is 5.78 Å². The van der Waals surface area contributed by atoms with Crippen molar-refractivity contribution in [1.82, 2.24) is 9.55 Å². The van der Waals surface area contributed by atoms with Crippen LogP contribution in [0.4, 0.5) is 13.2 Å². The molecule has 2 aromatic rings. The molecular formula is C13H11F3N2O.